The van der Waals surface area contributed by atoms with E-state index in [0.29, 0.717) is 25.4 Å². The van der Waals surface area contributed by atoms with Gasteiger partial charge < -0.3 is 24.4 Å². The first-order chi connectivity index (χ1) is 13.8. The number of amides is 1. The first-order valence-corrected chi connectivity index (χ1v) is 9.22. The maximum absolute atomic E-state index is 13.1. The number of hydrogen-bond donors (Lipinski definition) is 1. The van der Waals surface area contributed by atoms with Crippen LogP contribution in [0.25, 0.3) is 0 Å². The number of anilines is 2. The quantitative estimate of drug-likeness (QED) is 0.747. The summed E-state index contributed by atoms with van der Waals surface area (Å²) in [6.45, 7) is 1.18. The minimum atomic E-state index is -4.54. The Bertz CT molecular complexity index is 789. The molecule has 0 bridgehead atoms. The molecule has 0 aromatic heterocycles. The lowest BCUT2D eigenvalue weighted by Gasteiger charge is -2.31. The molecule has 0 saturated carbocycles. The van der Waals surface area contributed by atoms with Crippen molar-refractivity contribution in [3.8, 4) is 0 Å². The lowest BCUT2D eigenvalue weighted by molar-refractivity contribution is -0.148. The predicted molar refractivity (Wildman–Crippen MR) is 97.1 cm³/mol. The van der Waals surface area contributed by atoms with E-state index in [9.17, 15) is 22.8 Å². The zero-order chi connectivity index (χ0) is 20.9. The molecule has 158 valence electrons. The van der Waals surface area contributed by atoms with Crippen LogP contribution in [0.3, 0.4) is 0 Å². The fourth-order valence-electron chi connectivity index (χ4n) is 3.09. The van der Waals surface area contributed by atoms with Crippen LogP contribution >= 0.6 is 0 Å². The normalized spacial score (nSPS) is 16.9. The molecule has 0 aliphatic carbocycles. The van der Waals surface area contributed by atoms with Crippen molar-refractivity contribution in [1.82, 2.24) is 0 Å². The Morgan fingerprint density at radius 2 is 1.90 bits per heavy atom. The molecule has 7 nitrogen and oxygen atoms in total. The Balaban J connectivity index is 1.70. The highest BCUT2D eigenvalue weighted by molar-refractivity contribution is 5.97. The van der Waals surface area contributed by atoms with Crippen molar-refractivity contribution in [2.45, 2.75) is 25.4 Å². The maximum Gasteiger partial charge on any atom is 0.416 e. The van der Waals surface area contributed by atoms with E-state index in [1.807, 2.05) is 4.90 Å². The highest BCUT2D eigenvalue weighted by Crippen LogP contribution is 2.36. The Labute approximate surface area is 165 Å². The van der Waals surface area contributed by atoms with Crippen molar-refractivity contribution in [2.75, 3.05) is 43.1 Å². The van der Waals surface area contributed by atoms with Gasteiger partial charge in [-0.1, -0.05) is 0 Å². The Morgan fingerprint density at radius 1 is 1.14 bits per heavy atom. The van der Waals surface area contributed by atoms with Crippen molar-refractivity contribution in [3.05, 3.63) is 35.8 Å². The van der Waals surface area contributed by atoms with Crippen LogP contribution in [-0.2, 0) is 30.0 Å². The zero-order valence-corrected chi connectivity index (χ0v) is 15.6. The summed E-state index contributed by atoms with van der Waals surface area (Å²) in [6, 6.07) is 3.24. The smallest absolute Gasteiger partial charge is 0.416 e. The third-order valence-electron chi connectivity index (χ3n) is 4.48. The molecular formula is C19H21F3N2O5. The van der Waals surface area contributed by atoms with Crippen LogP contribution in [-0.4, -0.2) is 44.8 Å². The molecule has 1 aromatic carbocycles. The molecule has 1 amide bonds. The second-order valence-corrected chi connectivity index (χ2v) is 6.60. The molecule has 1 saturated heterocycles. The molecular weight excluding hydrogens is 393 g/mol. The van der Waals surface area contributed by atoms with Gasteiger partial charge in [-0.3, -0.25) is 4.79 Å². The molecule has 29 heavy (non-hydrogen) atoms. The van der Waals surface area contributed by atoms with Gasteiger partial charge in [0.1, 0.15) is 19.5 Å². The molecule has 2 heterocycles. The standard InChI is InChI=1S/C19H21F3N2O5/c20-19(21,22)13-4-5-15(24-6-2-1-3-7-24)14(10-13)23-17(25)12-29-18(26)16-11-27-8-9-28-16/h4-5,10-11H,1-3,6-9,12H2,(H,23,25). The lowest BCUT2D eigenvalue weighted by Crippen LogP contribution is -2.31. The van der Waals surface area contributed by atoms with E-state index >= 15 is 0 Å². The summed E-state index contributed by atoms with van der Waals surface area (Å²) in [7, 11) is 0. The number of piperidine rings is 1. The van der Waals surface area contributed by atoms with Crippen LogP contribution in [0.1, 0.15) is 24.8 Å². The van der Waals surface area contributed by atoms with Gasteiger partial charge in [-0.25, -0.2) is 4.79 Å². The largest absolute Gasteiger partial charge is 0.493 e. The zero-order valence-electron chi connectivity index (χ0n) is 15.6. The van der Waals surface area contributed by atoms with Crippen molar-refractivity contribution in [1.29, 1.82) is 0 Å². The second kappa shape index (κ2) is 9.06. The topological polar surface area (TPSA) is 77.1 Å². The monoisotopic (exact) mass is 414 g/mol. The molecule has 2 aliphatic heterocycles. The highest BCUT2D eigenvalue weighted by atomic mass is 19.4. The second-order valence-electron chi connectivity index (χ2n) is 6.60. The Kier molecular flexibility index (Phi) is 6.50. The number of nitrogens with zero attached hydrogens (tertiary/aromatic N) is 1. The average Bonchev–Trinajstić information content (AvgIpc) is 2.72. The van der Waals surface area contributed by atoms with Gasteiger partial charge >= 0.3 is 12.1 Å². The van der Waals surface area contributed by atoms with Crippen molar-refractivity contribution in [2.24, 2.45) is 0 Å². The molecule has 0 spiro atoms. The summed E-state index contributed by atoms with van der Waals surface area (Å²) in [5.41, 5.74) is -0.341. The minimum absolute atomic E-state index is 0.0271. The Morgan fingerprint density at radius 3 is 2.55 bits per heavy atom. The molecule has 1 N–H and O–H groups in total. The fraction of sp³-hybridized carbons (Fsp3) is 0.474. The van der Waals surface area contributed by atoms with E-state index in [2.05, 4.69) is 5.32 Å². The van der Waals surface area contributed by atoms with Crippen LogP contribution in [0.2, 0.25) is 0 Å². The van der Waals surface area contributed by atoms with Gasteiger partial charge in [-0.15, -0.1) is 0 Å². The number of hydrogen-bond acceptors (Lipinski definition) is 6. The van der Waals surface area contributed by atoms with Gasteiger partial charge in [-0.2, -0.15) is 13.2 Å². The van der Waals surface area contributed by atoms with Gasteiger partial charge in [0.15, 0.2) is 6.61 Å². The van der Waals surface area contributed by atoms with Crippen LogP contribution in [0.4, 0.5) is 24.5 Å². The Hall–Kier alpha value is -2.91. The number of esters is 1. The molecule has 0 radical (unpaired) electrons. The molecule has 1 aromatic rings. The third kappa shape index (κ3) is 5.55. The van der Waals surface area contributed by atoms with Gasteiger partial charge in [0, 0.05) is 13.1 Å². The molecule has 3 rings (SSSR count). The number of carbonyl (C=O) groups is 2. The molecule has 0 unspecified atom stereocenters. The molecule has 2 aliphatic rings. The van der Waals surface area contributed by atoms with E-state index in [0.717, 1.165) is 37.7 Å². The van der Waals surface area contributed by atoms with Gasteiger partial charge in [0.05, 0.1) is 16.9 Å². The number of ether oxygens (including phenoxy) is 3. The summed E-state index contributed by atoms with van der Waals surface area (Å²) in [6.07, 6.45) is -0.564. The van der Waals surface area contributed by atoms with Crippen LogP contribution in [0.15, 0.2) is 30.2 Å². The number of carbonyl (C=O) groups excluding carboxylic acids is 2. The van der Waals surface area contributed by atoms with Crippen LogP contribution in [0, 0.1) is 0 Å². The number of nitrogens with one attached hydrogen (secondary N) is 1. The summed E-state index contributed by atoms with van der Waals surface area (Å²) < 4.78 is 54.1. The average molecular weight is 414 g/mol. The maximum atomic E-state index is 13.1. The highest BCUT2D eigenvalue weighted by Gasteiger charge is 2.32. The van der Waals surface area contributed by atoms with E-state index in [4.69, 9.17) is 14.2 Å². The number of rotatable bonds is 5. The summed E-state index contributed by atoms with van der Waals surface area (Å²) >= 11 is 0. The van der Waals surface area contributed by atoms with Crippen molar-refractivity contribution in [3.63, 3.8) is 0 Å². The minimum Gasteiger partial charge on any atom is -0.493 e. The van der Waals surface area contributed by atoms with Crippen LogP contribution < -0.4 is 10.2 Å². The van der Waals surface area contributed by atoms with Gasteiger partial charge in [0.2, 0.25) is 5.76 Å². The lowest BCUT2D eigenvalue weighted by atomic mass is 10.1. The predicted octanol–water partition coefficient (Wildman–Crippen LogP) is 3.07. The number of alkyl halides is 3. The fourth-order valence-corrected chi connectivity index (χ4v) is 3.09. The SMILES string of the molecule is O=C(COC(=O)C1=COCCO1)Nc1cc(C(F)(F)F)ccc1N1CCCCC1. The van der Waals surface area contributed by atoms with Crippen LogP contribution in [0.5, 0.6) is 0 Å². The van der Waals surface area contributed by atoms with Gasteiger partial charge in [0.25, 0.3) is 5.91 Å². The molecule has 1 fully saturated rings. The summed E-state index contributed by atoms with van der Waals surface area (Å²) in [5.74, 6) is -1.81. The number of halogens is 3. The number of benzene rings is 1. The van der Waals surface area contributed by atoms with Gasteiger partial charge in [-0.05, 0) is 37.5 Å². The third-order valence-corrected chi connectivity index (χ3v) is 4.48. The first-order valence-electron chi connectivity index (χ1n) is 9.22. The van der Waals surface area contributed by atoms with E-state index in [-0.39, 0.29) is 18.1 Å². The summed E-state index contributed by atoms with van der Waals surface area (Å²) in [5, 5.41) is 2.43. The summed E-state index contributed by atoms with van der Waals surface area (Å²) in [4.78, 5) is 26.0. The van der Waals surface area contributed by atoms with E-state index in [1.54, 1.807) is 0 Å². The van der Waals surface area contributed by atoms with E-state index in [1.165, 1.54) is 6.07 Å². The van der Waals surface area contributed by atoms with Crippen molar-refractivity contribution >= 4 is 23.3 Å². The molecule has 10 heteroatoms. The molecule has 0 atom stereocenters. The van der Waals surface area contributed by atoms with Crippen molar-refractivity contribution < 1.29 is 37.0 Å². The first kappa shape index (κ1) is 20.8. The van der Waals surface area contributed by atoms with E-state index < -0.39 is 30.2 Å².